The first kappa shape index (κ1) is 10.2. The first-order valence-corrected chi connectivity index (χ1v) is 4.75. The van der Waals surface area contributed by atoms with E-state index in [1.54, 1.807) is 0 Å². The monoisotopic (exact) mass is 179 g/mol. The van der Waals surface area contributed by atoms with E-state index in [2.05, 4.69) is 13.0 Å². The summed E-state index contributed by atoms with van der Waals surface area (Å²) in [5.74, 6) is 0. The number of aryl methyl sites for hydroxylation is 1. The van der Waals surface area contributed by atoms with Crippen molar-refractivity contribution in [1.29, 1.82) is 0 Å². The highest BCUT2D eigenvalue weighted by Crippen LogP contribution is 2.17. The number of rotatable bonds is 4. The summed E-state index contributed by atoms with van der Waals surface area (Å²) in [5.41, 5.74) is 7.61. The van der Waals surface area contributed by atoms with Crippen molar-refractivity contribution in [3.05, 3.63) is 35.4 Å². The fourth-order valence-electron chi connectivity index (χ4n) is 1.34. The van der Waals surface area contributed by atoms with Crippen LogP contribution < -0.4 is 5.73 Å². The van der Waals surface area contributed by atoms with Gasteiger partial charge >= 0.3 is 0 Å². The van der Waals surface area contributed by atoms with E-state index in [9.17, 15) is 5.11 Å². The highest BCUT2D eigenvalue weighted by molar-refractivity contribution is 5.25. The summed E-state index contributed by atoms with van der Waals surface area (Å²) in [6, 6.07) is 8.03. The number of aliphatic hydroxyl groups is 1. The van der Waals surface area contributed by atoms with E-state index in [4.69, 9.17) is 5.73 Å². The van der Waals surface area contributed by atoms with Gasteiger partial charge in [0.2, 0.25) is 0 Å². The van der Waals surface area contributed by atoms with E-state index in [-0.39, 0.29) is 0 Å². The van der Waals surface area contributed by atoms with Crippen LogP contribution in [-0.2, 0) is 6.42 Å². The second kappa shape index (κ2) is 5.00. The van der Waals surface area contributed by atoms with Crippen LogP contribution in [0.25, 0.3) is 0 Å². The molecule has 0 fully saturated rings. The Labute approximate surface area is 79.4 Å². The van der Waals surface area contributed by atoms with E-state index in [0.29, 0.717) is 13.0 Å². The number of benzene rings is 1. The van der Waals surface area contributed by atoms with Crippen molar-refractivity contribution in [2.24, 2.45) is 5.73 Å². The fraction of sp³-hybridized carbons (Fsp3) is 0.455. The average molecular weight is 179 g/mol. The van der Waals surface area contributed by atoms with E-state index < -0.39 is 6.10 Å². The quantitative estimate of drug-likeness (QED) is 0.738. The highest BCUT2D eigenvalue weighted by atomic mass is 16.3. The molecule has 0 aliphatic rings. The Morgan fingerprint density at radius 1 is 1.46 bits per heavy atom. The Balaban J connectivity index is 2.75. The third-order valence-electron chi connectivity index (χ3n) is 2.18. The molecular weight excluding hydrogens is 162 g/mol. The lowest BCUT2D eigenvalue weighted by atomic mass is 10.0. The molecule has 13 heavy (non-hydrogen) atoms. The van der Waals surface area contributed by atoms with E-state index >= 15 is 0 Å². The van der Waals surface area contributed by atoms with E-state index in [1.165, 1.54) is 5.56 Å². The van der Waals surface area contributed by atoms with E-state index in [1.807, 2.05) is 18.2 Å². The molecule has 0 radical (unpaired) electrons. The van der Waals surface area contributed by atoms with Crippen molar-refractivity contribution in [3.8, 4) is 0 Å². The molecule has 1 atom stereocenters. The Morgan fingerprint density at radius 3 is 2.85 bits per heavy atom. The Hall–Kier alpha value is -0.860. The van der Waals surface area contributed by atoms with Crippen LogP contribution in [0.4, 0.5) is 0 Å². The second-order valence-electron chi connectivity index (χ2n) is 3.19. The van der Waals surface area contributed by atoms with Crippen molar-refractivity contribution < 1.29 is 5.11 Å². The minimum atomic E-state index is -0.406. The van der Waals surface area contributed by atoms with Gasteiger partial charge in [-0.1, -0.05) is 31.2 Å². The molecule has 0 heterocycles. The molecule has 0 bridgehead atoms. The zero-order valence-corrected chi connectivity index (χ0v) is 8.03. The van der Waals surface area contributed by atoms with Gasteiger partial charge in [-0.25, -0.2) is 0 Å². The number of aliphatic hydroxyl groups excluding tert-OH is 1. The summed E-state index contributed by atoms with van der Waals surface area (Å²) in [5, 5.41) is 9.66. The van der Waals surface area contributed by atoms with Crippen LogP contribution in [0.2, 0.25) is 0 Å². The molecule has 0 saturated heterocycles. The minimum Gasteiger partial charge on any atom is -0.388 e. The summed E-state index contributed by atoms with van der Waals surface area (Å²) in [6.07, 6.45) is 1.23. The maximum atomic E-state index is 9.66. The molecule has 72 valence electrons. The van der Waals surface area contributed by atoms with Crippen LogP contribution in [0.5, 0.6) is 0 Å². The molecule has 0 aromatic heterocycles. The van der Waals surface area contributed by atoms with Gasteiger partial charge in [0.05, 0.1) is 6.10 Å². The van der Waals surface area contributed by atoms with Crippen LogP contribution in [0.1, 0.15) is 30.6 Å². The van der Waals surface area contributed by atoms with Gasteiger partial charge in [0.15, 0.2) is 0 Å². The first-order valence-electron chi connectivity index (χ1n) is 4.75. The predicted octanol–water partition coefficient (Wildman–Crippen LogP) is 1.63. The van der Waals surface area contributed by atoms with Gasteiger partial charge < -0.3 is 10.8 Å². The summed E-state index contributed by atoms with van der Waals surface area (Å²) in [7, 11) is 0. The van der Waals surface area contributed by atoms with Gasteiger partial charge in [-0.15, -0.1) is 0 Å². The van der Waals surface area contributed by atoms with Crippen molar-refractivity contribution in [2.75, 3.05) is 6.54 Å². The smallest absolute Gasteiger partial charge is 0.0802 e. The Kier molecular flexibility index (Phi) is 3.93. The Morgan fingerprint density at radius 2 is 2.23 bits per heavy atom. The van der Waals surface area contributed by atoms with Crippen LogP contribution in [0, 0.1) is 0 Å². The van der Waals surface area contributed by atoms with Crippen LogP contribution in [-0.4, -0.2) is 11.7 Å². The third-order valence-corrected chi connectivity index (χ3v) is 2.18. The van der Waals surface area contributed by atoms with Gasteiger partial charge in [-0.3, -0.25) is 0 Å². The molecule has 0 spiro atoms. The standard InChI is InChI=1S/C11H17NO/c1-2-9-4-3-5-10(8-9)11(13)6-7-12/h3-5,8,11,13H,2,6-7,12H2,1H3/t11-/m1/s1. The van der Waals surface area contributed by atoms with Gasteiger partial charge in [0.25, 0.3) is 0 Å². The van der Waals surface area contributed by atoms with Gasteiger partial charge in [0, 0.05) is 0 Å². The molecule has 0 amide bonds. The minimum absolute atomic E-state index is 0.406. The largest absolute Gasteiger partial charge is 0.388 e. The summed E-state index contributed by atoms with van der Waals surface area (Å²) in [4.78, 5) is 0. The van der Waals surface area contributed by atoms with Crippen molar-refractivity contribution >= 4 is 0 Å². The van der Waals surface area contributed by atoms with Gasteiger partial charge in [0.1, 0.15) is 0 Å². The predicted molar refractivity (Wildman–Crippen MR) is 54.5 cm³/mol. The van der Waals surface area contributed by atoms with E-state index in [0.717, 1.165) is 12.0 Å². The molecule has 3 N–H and O–H groups in total. The van der Waals surface area contributed by atoms with Crippen LogP contribution >= 0.6 is 0 Å². The lowest BCUT2D eigenvalue weighted by Gasteiger charge is -2.10. The maximum Gasteiger partial charge on any atom is 0.0802 e. The average Bonchev–Trinajstić information content (AvgIpc) is 2.18. The SMILES string of the molecule is CCc1cccc([C@H](O)CCN)c1. The van der Waals surface area contributed by atoms with Crippen molar-refractivity contribution in [2.45, 2.75) is 25.9 Å². The maximum absolute atomic E-state index is 9.66. The summed E-state index contributed by atoms with van der Waals surface area (Å²) < 4.78 is 0. The van der Waals surface area contributed by atoms with Crippen LogP contribution in [0.3, 0.4) is 0 Å². The lowest BCUT2D eigenvalue weighted by Crippen LogP contribution is -2.06. The molecule has 0 unspecified atom stereocenters. The highest BCUT2D eigenvalue weighted by Gasteiger charge is 2.05. The Bertz CT molecular complexity index is 260. The molecule has 2 heteroatoms. The van der Waals surface area contributed by atoms with Gasteiger partial charge in [-0.2, -0.15) is 0 Å². The van der Waals surface area contributed by atoms with Crippen molar-refractivity contribution in [1.82, 2.24) is 0 Å². The zero-order chi connectivity index (χ0) is 9.68. The normalized spacial score (nSPS) is 12.8. The molecule has 2 nitrogen and oxygen atoms in total. The topological polar surface area (TPSA) is 46.2 Å². The number of hydrogen-bond acceptors (Lipinski definition) is 2. The molecule has 1 aromatic carbocycles. The molecular formula is C11H17NO. The lowest BCUT2D eigenvalue weighted by molar-refractivity contribution is 0.170. The fourth-order valence-corrected chi connectivity index (χ4v) is 1.34. The molecule has 0 saturated carbocycles. The molecule has 1 rings (SSSR count). The molecule has 1 aromatic rings. The summed E-state index contributed by atoms with van der Waals surface area (Å²) >= 11 is 0. The second-order valence-corrected chi connectivity index (χ2v) is 3.19. The molecule has 0 aliphatic carbocycles. The van der Waals surface area contributed by atoms with Crippen molar-refractivity contribution in [3.63, 3.8) is 0 Å². The summed E-state index contributed by atoms with van der Waals surface area (Å²) in [6.45, 7) is 2.63. The van der Waals surface area contributed by atoms with Crippen LogP contribution in [0.15, 0.2) is 24.3 Å². The van der Waals surface area contributed by atoms with Gasteiger partial charge in [-0.05, 0) is 30.5 Å². The third kappa shape index (κ3) is 2.83. The first-order chi connectivity index (χ1) is 6.27. The molecule has 0 aliphatic heterocycles. The number of hydrogen-bond donors (Lipinski definition) is 2. The zero-order valence-electron chi connectivity index (χ0n) is 8.03. The number of nitrogens with two attached hydrogens (primary N) is 1.